The van der Waals surface area contributed by atoms with Crippen molar-refractivity contribution in [2.45, 2.75) is 32.7 Å². The minimum Gasteiger partial charge on any atom is -0.370 e. The molecule has 1 aromatic heterocycles. The minimum absolute atomic E-state index is 0. The third-order valence-electron chi connectivity index (χ3n) is 3.85. The summed E-state index contributed by atoms with van der Waals surface area (Å²) in [5.74, 6) is 1.16. The van der Waals surface area contributed by atoms with Gasteiger partial charge in [0.1, 0.15) is 0 Å². The maximum Gasteiger partial charge on any atom is 0.255 e. The van der Waals surface area contributed by atoms with E-state index in [1.54, 1.807) is 11.6 Å². The van der Waals surface area contributed by atoms with Crippen LogP contribution in [0.5, 0.6) is 0 Å². The molecule has 1 fully saturated rings. The van der Waals surface area contributed by atoms with E-state index >= 15 is 0 Å². The first-order valence-electron chi connectivity index (χ1n) is 6.77. The number of aromatic nitrogens is 1. The fourth-order valence-corrected chi connectivity index (χ4v) is 2.07. The molecule has 0 aromatic carbocycles. The first-order chi connectivity index (χ1) is 9.08. The molecule has 20 heavy (non-hydrogen) atoms. The van der Waals surface area contributed by atoms with Crippen molar-refractivity contribution >= 4 is 29.9 Å². The van der Waals surface area contributed by atoms with Gasteiger partial charge in [-0.15, -0.1) is 24.0 Å². The van der Waals surface area contributed by atoms with Crippen LogP contribution in [0.1, 0.15) is 30.5 Å². The van der Waals surface area contributed by atoms with E-state index in [2.05, 4.69) is 10.3 Å². The van der Waals surface area contributed by atoms with Crippen molar-refractivity contribution in [2.75, 3.05) is 6.54 Å². The number of pyridine rings is 1. The Balaban J connectivity index is 0.00000200. The number of hydrogen-bond acceptors (Lipinski definition) is 2. The first kappa shape index (κ1) is 17.0. The lowest BCUT2D eigenvalue weighted by Gasteiger charge is -2.25. The molecule has 0 spiro atoms. The van der Waals surface area contributed by atoms with Gasteiger partial charge in [-0.3, -0.25) is 4.79 Å². The molecule has 3 N–H and O–H groups in total. The Bertz CT molecular complexity index is 534. The van der Waals surface area contributed by atoms with Gasteiger partial charge in [0.2, 0.25) is 0 Å². The second kappa shape index (κ2) is 7.66. The van der Waals surface area contributed by atoms with E-state index in [-0.39, 0.29) is 29.5 Å². The van der Waals surface area contributed by atoms with Crippen molar-refractivity contribution in [1.82, 2.24) is 9.88 Å². The van der Waals surface area contributed by atoms with Gasteiger partial charge in [-0.05, 0) is 37.8 Å². The number of guanidine groups is 1. The van der Waals surface area contributed by atoms with Gasteiger partial charge in [0.25, 0.3) is 5.56 Å². The highest BCUT2D eigenvalue weighted by molar-refractivity contribution is 14.0. The molecule has 112 valence electrons. The van der Waals surface area contributed by atoms with E-state index in [0.717, 1.165) is 18.2 Å². The third-order valence-corrected chi connectivity index (χ3v) is 3.85. The summed E-state index contributed by atoms with van der Waals surface area (Å²) in [5.41, 5.74) is 7.40. The van der Waals surface area contributed by atoms with Gasteiger partial charge in [0.05, 0.1) is 6.54 Å². The predicted molar refractivity (Wildman–Crippen MR) is 92.5 cm³/mol. The highest BCUT2D eigenvalue weighted by Crippen LogP contribution is 2.24. The van der Waals surface area contributed by atoms with E-state index in [0.29, 0.717) is 18.1 Å². The van der Waals surface area contributed by atoms with Crippen molar-refractivity contribution < 1.29 is 0 Å². The van der Waals surface area contributed by atoms with Gasteiger partial charge in [-0.25, -0.2) is 4.99 Å². The number of aryl methyl sites for hydroxylation is 1. The summed E-state index contributed by atoms with van der Waals surface area (Å²) in [6, 6.07) is 3.74. The number of rotatable bonds is 4. The summed E-state index contributed by atoms with van der Waals surface area (Å²) in [7, 11) is 1.77. The summed E-state index contributed by atoms with van der Waals surface area (Å²) in [4.78, 5) is 16.2. The minimum atomic E-state index is -0.00413. The molecule has 1 heterocycles. The zero-order valence-electron chi connectivity index (χ0n) is 12.1. The van der Waals surface area contributed by atoms with Gasteiger partial charge in [0.15, 0.2) is 5.96 Å². The fraction of sp³-hybridized carbons (Fsp3) is 0.571. The van der Waals surface area contributed by atoms with Crippen molar-refractivity contribution in [3.05, 3.63) is 33.7 Å². The molecular formula is C14H23IN4O. The smallest absolute Gasteiger partial charge is 0.255 e. The molecule has 6 heteroatoms. The van der Waals surface area contributed by atoms with Gasteiger partial charge in [-0.1, -0.05) is 6.42 Å². The van der Waals surface area contributed by atoms with Crippen LogP contribution < -0.4 is 16.6 Å². The van der Waals surface area contributed by atoms with E-state index in [9.17, 15) is 4.79 Å². The number of nitrogens with one attached hydrogen (secondary N) is 1. The van der Waals surface area contributed by atoms with Crippen LogP contribution in [0.2, 0.25) is 0 Å². The Labute approximate surface area is 136 Å². The molecule has 1 aliphatic carbocycles. The van der Waals surface area contributed by atoms with Crippen LogP contribution in [-0.4, -0.2) is 17.1 Å². The lowest BCUT2D eigenvalue weighted by molar-refractivity contribution is 0.315. The molecule has 0 unspecified atom stereocenters. The second-order valence-corrected chi connectivity index (χ2v) is 5.24. The molecule has 0 radical (unpaired) electrons. The van der Waals surface area contributed by atoms with Crippen molar-refractivity contribution in [2.24, 2.45) is 23.7 Å². The van der Waals surface area contributed by atoms with E-state index in [1.165, 1.54) is 19.3 Å². The molecule has 0 amide bonds. The van der Waals surface area contributed by atoms with Crippen LogP contribution in [0.25, 0.3) is 0 Å². The largest absolute Gasteiger partial charge is 0.370 e. The quantitative estimate of drug-likeness (QED) is 0.465. The zero-order chi connectivity index (χ0) is 13.8. The molecule has 0 atom stereocenters. The molecule has 1 aromatic rings. The topological polar surface area (TPSA) is 72.4 Å². The Kier molecular flexibility index (Phi) is 6.51. The normalized spacial score (nSPS) is 15.4. The van der Waals surface area contributed by atoms with Crippen LogP contribution in [0.4, 0.5) is 0 Å². The monoisotopic (exact) mass is 390 g/mol. The van der Waals surface area contributed by atoms with Crippen LogP contribution in [0.15, 0.2) is 21.9 Å². The Morgan fingerprint density at radius 3 is 2.80 bits per heavy atom. The first-order valence-corrected chi connectivity index (χ1v) is 6.77. The average molecular weight is 390 g/mol. The Hall–Kier alpha value is -1.05. The highest BCUT2D eigenvalue weighted by Gasteiger charge is 2.16. The molecule has 1 aliphatic rings. The summed E-state index contributed by atoms with van der Waals surface area (Å²) in [5, 5.41) is 3.12. The summed E-state index contributed by atoms with van der Waals surface area (Å²) >= 11 is 0. The molecule has 0 bridgehead atoms. The number of hydrogen-bond donors (Lipinski definition) is 2. The van der Waals surface area contributed by atoms with Gasteiger partial charge in [-0.2, -0.15) is 0 Å². The van der Waals surface area contributed by atoms with Crippen LogP contribution in [0, 0.1) is 12.8 Å². The van der Waals surface area contributed by atoms with E-state index in [4.69, 9.17) is 5.73 Å². The maximum absolute atomic E-state index is 12.0. The summed E-state index contributed by atoms with van der Waals surface area (Å²) in [6.07, 6.45) is 3.88. The molecule has 0 aliphatic heterocycles. The van der Waals surface area contributed by atoms with Crippen LogP contribution in [-0.2, 0) is 13.6 Å². The fourth-order valence-electron chi connectivity index (χ4n) is 2.07. The van der Waals surface area contributed by atoms with Crippen molar-refractivity contribution in [3.8, 4) is 0 Å². The number of nitrogens with two attached hydrogens (primary N) is 1. The Morgan fingerprint density at radius 1 is 1.50 bits per heavy atom. The second-order valence-electron chi connectivity index (χ2n) is 5.24. The number of nitrogens with zero attached hydrogens (tertiary/aromatic N) is 2. The summed E-state index contributed by atoms with van der Waals surface area (Å²) < 4.78 is 1.63. The number of halogens is 1. The third kappa shape index (κ3) is 4.22. The molecular weight excluding hydrogens is 367 g/mol. The van der Waals surface area contributed by atoms with E-state index in [1.807, 2.05) is 19.1 Å². The standard InChI is InChI=1S/C14H22N4O.HI/c1-10-6-7-12(13(19)18(10)2)9-17-14(15)16-8-11-4-3-5-11;/h6-7,11H,3-5,8-9H2,1-2H3,(H3,15,16,17);1H. The van der Waals surface area contributed by atoms with Gasteiger partial charge >= 0.3 is 0 Å². The molecule has 0 saturated heterocycles. The summed E-state index contributed by atoms with van der Waals surface area (Å²) in [6.45, 7) is 3.13. The average Bonchev–Trinajstić information content (AvgIpc) is 2.33. The van der Waals surface area contributed by atoms with Crippen LogP contribution in [0.3, 0.4) is 0 Å². The lowest BCUT2D eigenvalue weighted by atomic mass is 9.85. The molecule has 1 saturated carbocycles. The van der Waals surface area contributed by atoms with E-state index < -0.39 is 0 Å². The predicted octanol–water partition coefficient (Wildman–Crippen LogP) is 1.52. The molecule has 5 nitrogen and oxygen atoms in total. The lowest BCUT2D eigenvalue weighted by Crippen LogP contribution is -2.37. The van der Waals surface area contributed by atoms with Crippen molar-refractivity contribution in [1.29, 1.82) is 0 Å². The Morgan fingerprint density at radius 2 is 2.20 bits per heavy atom. The van der Waals surface area contributed by atoms with Gasteiger partial charge in [0, 0.05) is 24.8 Å². The molecule has 2 rings (SSSR count). The highest BCUT2D eigenvalue weighted by atomic mass is 127. The van der Waals surface area contributed by atoms with Crippen LogP contribution >= 0.6 is 24.0 Å². The SMILES string of the molecule is Cc1ccc(CN=C(N)NCC2CCC2)c(=O)n1C.I. The maximum atomic E-state index is 12.0. The van der Waals surface area contributed by atoms with Gasteiger partial charge < -0.3 is 15.6 Å². The number of aliphatic imine (C=N–C) groups is 1. The van der Waals surface area contributed by atoms with Crippen molar-refractivity contribution in [3.63, 3.8) is 0 Å². The zero-order valence-corrected chi connectivity index (χ0v) is 14.4.